The molecule has 0 aliphatic heterocycles. The van der Waals surface area contributed by atoms with Gasteiger partial charge in [0.05, 0.1) is 0 Å². The van der Waals surface area contributed by atoms with Crippen molar-refractivity contribution in [3.05, 3.63) is 10.4 Å². The number of hydrogen-bond donors (Lipinski definition) is 0. The Labute approximate surface area is 62.1 Å². The lowest BCUT2D eigenvalue weighted by Crippen LogP contribution is -1.99. The predicted molar refractivity (Wildman–Crippen MR) is 42.8 cm³/mol. The van der Waals surface area contributed by atoms with Gasteiger partial charge in [0.1, 0.15) is 0 Å². The smallest absolute Gasteiger partial charge is 0.0371 e. The van der Waals surface area contributed by atoms with Gasteiger partial charge in [-0.05, 0) is 18.4 Å². The third kappa shape index (κ3) is 4.21. The second-order valence-corrected chi connectivity index (χ2v) is 2.41. The molecule has 0 aromatic heterocycles. The zero-order valence-electron chi connectivity index (χ0n) is 6.75. The quantitative estimate of drug-likeness (QED) is 0.320. The van der Waals surface area contributed by atoms with Crippen molar-refractivity contribution in [1.82, 2.24) is 0 Å². The Hall–Kier alpha value is -0.690. The van der Waals surface area contributed by atoms with Gasteiger partial charge in [-0.15, -0.1) is 0 Å². The highest BCUT2D eigenvalue weighted by atomic mass is 15.1. The molecule has 1 unspecified atom stereocenters. The van der Waals surface area contributed by atoms with E-state index in [-0.39, 0.29) is 6.04 Å². The Bertz CT molecular complexity index is 116. The van der Waals surface area contributed by atoms with Crippen LogP contribution in [0.25, 0.3) is 10.4 Å². The van der Waals surface area contributed by atoms with Crippen LogP contribution in [-0.4, -0.2) is 6.04 Å². The van der Waals surface area contributed by atoms with Gasteiger partial charge in [0.2, 0.25) is 0 Å². The zero-order chi connectivity index (χ0) is 7.82. The van der Waals surface area contributed by atoms with Crippen molar-refractivity contribution in [1.29, 1.82) is 0 Å². The first-order chi connectivity index (χ1) is 4.85. The second kappa shape index (κ2) is 6.43. The highest BCUT2D eigenvalue weighted by molar-refractivity contribution is 4.63. The van der Waals surface area contributed by atoms with E-state index in [1.165, 1.54) is 6.42 Å². The van der Waals surface area contributed by atoms with Crippen LogP contribution in [0, 0.1) is 0 Å². The van der Waals surface area contributed by atoms with Gasteiger partial charge >= 0.3 is 0 Å². The first kappa shape index (κ1) is 9.31. The maximum Gasteiger partial charge on any atom is 0.0371 e. The van der Waals surface area contributed by atoms with Gasteiger partial charge in [0.25, 0.3) is 0 Å². The molecule has 0 spiro atoms. The first-order valence-electron chi connectivity index (χ1n) is 3.89. The van der Waals surface area contributed by atoms with Crippen LogP contribution in [0.15, 0.2) is 5.11 Å². The van der Waals surface area contributed by atoms with Crippen molar-refractivity contribution in [2.45, 2.75) is 45.6 Å². The van der Waals surface area contributed by atoms with Crippen molar-refractivity contribution in [2.24, 2.45) is 5.11 Å². The van der Waals surface area contributed by atoms with E-state index >= 15 is 0 Å². The van der Waals surface area contributed by atoms with Crippen molar-refractivity contribution < 1.29 is 0 Å². The number of rotatable bonds is 5. The summed E-state index contributed by atoms with van der Waals surface area (Å²) in [6.07, 6.45) is 4.34. The molecule has 0 saturated heterocycles. The SMILES string of the molecule is CCCCC(CC)N=[N+]=[N-]. The summed E-state index contributed by atoms with van der Waals surface area (Å²) >= 11 is 0. The Balaban J connectivity index is 3.49. The molecule has 3 heteroatoms. The van der Waals surface area contributed by atoms with Gasteiger partial charge in [-0.3, -0.25) is 0 Å². The van der Waals surface area contributed by atoms with E-state index in [1.807, 2.05) is 0 Å². The first-order valence-corrected chi connectivity index (χ1v) is 3.89. The summed E-state index contributed by atoms with van der Waals surface area (Å²) in [5, 5.41) is 3.66. The Morgan fingerprint density at radius 2 is 2.20 bits per heavy atom. The molecular formula is C7H15N3. The van der Waals surface area contributed by atoms with E-state index in [1.54, 1.807) is 0 Å². The van der Waals surface area contributed by atoms with E-state index in [9.17, 15) is 0 Å². The predicted octanol–water partition coefficient (Wildman–Crippen LogP) is 3.27. The average Bonchev–Trinajstić information content (AvgIpc) is 1.98. The zero-order valence-corrected chi connectivity index (χ0v) is 6.75. The topological polar surface area (TPSA) is 48.8 Å². The van der Waals surface area contributed by atoms with Crippen molar-refractivity contribution >= 4 is 0 Å². The van der Waals surface area contributed by atoms with Gasteiger partial charge in [-0.25, -0.2) is 0 Å². The van der Waals surface area contributed by atoms with Gasteiger partial charge in [0.15, 0.2) is 0 Å². The van der Waals surface area contributed by atoms with Gasteiger partial charge in [0, 0.05) is 11.0 Å². The lowest BCUT2D eigenvalue weighted by atomic mass is 10.1. The molecule has 0 bridgehead atoms. The van der Waals surface area contributed by atoms with Crippen LogP contribution in [0.4, 0.5) is 0 Å². The summed E-state index contributed by atoms with van der Waals surface area (Å²) in [7, 11) is 0. The minimum Gasteiger partial charge on any atom is -0.0906 e. The maximum absolute atomic E-state index is 8.13. The highest BCUT2D eigenvalue weighted by Crippen LogP contribution is 2.07. The summed E-state index contributed by atoms with van der Waals surface area (Å²) < 4.78 is 0. The molecule has 0 saturated carbocycles. The molecule has 0 rings (SSSR count). The fourth-order valence-electron chi connectivity index (χ4n) is 0.856. The van der Waals surface area contributed by atoms with E-state index < -0.39 is 0 Å². The Morgan fingerprint density at radius 1 is 1.50 bits per heavy atom. The molecule has 0 aromatic rings. The van der Waals surface area contributed by atoms with Crippen molar-refractivity contribution in [2.75, 3.05) is 0 Å². The summed E-state index contributed by atoms with van der Waals surface area (Å²) in [6, 6.07) is 0.227. The minimum absolute atomic E-state index is 0.227. The van der Waals surface area contributed by atoms with Crippen LogP contribution in [-0.2, 0) is 0 Å². The van der Waals surface area contributed by atoms with E-state index in [0.29, 0.717) is 0 Å². The van der Waals surface area contributed by atoms with Gasteiger partial charge in [-0.2, -0.15) is 0 Å². The highest BCUT2D eigenvalue weighted by Gasteiger charge is 2.00. The molecule has 0 amide bonds. The third-order valence-corrected chi connectivity index (χ3v) is 1.58. The van der Waals surface area contributed by atoms with Crippen LogP contribution in [0.1, 0.15) is 39.5 Å². The maximum atomic E-state index is 8.13. The lowest BCUT2D eigenvalue weighted by molar-refractivity contribution is 0.560. The minimum atomic E-state index is 0.227. The van der Waals surface area contributed by atoms with Crippen LogP contribution in [0.5, 0.6) is 0 Å². The van der Waals surface area contributed by atoms with Gasteiger partial charge < -0.3 is 0 Å². The fourth-order valence-corrected chi connectivity index (χ4v) is 0.856. The number of unbranched alkanes of at least 4 members (excludes halogenated alkanes) is 1. The van der Waals surface area contributed by atoms with E-state index in [0.717, 1.165) is 19.3 Å². The lowest BCUT2D eigenvalue weighted by Gasteiger charge is -2.04. The standard InChI is InChI=1S/C7H15N3/c1-3-5-6-7(4-2)9-10-8/h7H,3-6H2,1-2H3. The number of nitrogens with zero attached hydrogens (tertiary/aromatic N) is 3. The van der Waals surface area contributed by atoms with Gasteiger partial charge in [-0.1, -0.05) is 31.8 Å². The Morgan fingerprint density at radius 3 is 2.60 bits per heavy atom. The normalized spacial score (nSPS) is 12.2. The van der Waals surface area contributed by atoms with Crippen LogP contribution in [0.2, 0.25) is 0 Å². The molecular weight excluding hydrogens is 126 g/mol. The molecule has 0 aliphatic carbocycles. The number of azide groups is 1. The average molecular weight is 141 g/mol. The van der Waals surface area contributed by atoms with E-state index in [4.69, 9.17) is 5.53 Å². The molecule has 1 atom stereocenters. The Kier molecular flexibility index (Phi) is 5.99. The summed E-state index contributed by atoms with van der Waals surface area (Å²) in [5.74, 6) is 0. The molecule has 0 fully saturated rings. The monoisotopic (exact) mass is 141 g/mol. The van der Waals surface area contributed by atoms with Crippen LogP contribution < -0.4 is 0 Å². The van der Waals surface area contributed by atoms with E-state index in [2.05, 4.69) is 23.9 Å². The van der Waals surface area contributed by atoms with Crippen LogP contribution >= 0.6 is 0 Å². The number of hydrogen-bond acceptors (Lipinski definition) is 1. The van der Waals surface area contributed by atoms with Crippen LogP contribution in [0.3, 0.4) is 0 Å². The molecule has 3 nitrogen and oxygen atoms in total. The molecule has 10 heavy (non-hydrogen) atoms. The molecule has 0 radical (unpaired) electrons. The molecule has 0 aliphatic rings. The van der Waals surface area contributed by atoms with Crippen molar-refractivity contribution in [3.63, 3.8) is 0 Å². The summed E-state index contributed by atoms with van der Waals surface area (Å²) in [6.45, 7) is 4.19. The van der Waals surface area contributed by atoms with Crippen molar-refractivity contribution in [3.8, 4) is 0 Å². The second-order valence-electron chi connectivity index (χ2n) is 2.41. The molecule has 0 aromatic carbocycles. The third-order valence-electron chi connectivity index (χ3n) is 1.58. The molecule has 58 valence electrons. The largest absolute Gasteiger partial charge is 0.0906 e. The molecule has 0 heterocycles. The summed E-state index contributed by atoms with van der Waals surface area (Å²) in [5.41, 5.74) is 8.13. The fraction of sp³-hybridized carbons (Fsp3) is 1.00. The summed E-state index contributed by atoms with van der Waals surface area (Å²) in [4.78, 5) is 2.78. The molecule has 0 N–H and O–H groups in total.